The lowest BCUT2D eigenvalue weighted by Crippen LogP contribution is -2.07. The predicted octanol–water partition coefficient (Wildman–Crippen LogP) is 2.96. The van der Waals surface area contributed by atoms with E-state index in [2.05, 4.69) is 17.4 Å². The van der Waals surface area contributed by atoms with Gasteiger partial charge < -0.3 is 5.32 Å². The lowest BCUT2D eigenvalue weighted by Gasteiger charge is -2.09. The van der Waals surface area contributed by atoms with E-state index in [1.807, 2.05) is 12.1 Å². The molecule has 16 heavy (non-hydrogen) atoms. The van der Waals surface area contributed by atoms with Gasteiger partial charge in [-0.05, 0) is 36.4 Å². The first-order valence-electron chi connectivity index (χ1n) is 5.83. The maximum absolute atomic E-state index is 12.0. The molecular weight excluding hydrogens is 208 g/mol. The summed E-state index contributed by atoms with van der Waals surface area (Å²) in [6.07, 6.45) is -0.583. The third-order valence-electron chi connectivity index (χ3n) is 3.16. The van der Waals surface area contributed by atoms with Crippen molar-refractivity contribution in [2.75, 3.05) is 13.1 Å². The fraction of sp³-hybridized carbons (Fsp3) is 0.538. The summed E-state index contributed by atoms with van der Waals surface area (Å²) in [5.41, 5.74) is 2.33. The standard InChI is InChI=1S/C13H17F2N/c14-13(15)6-3-10-1-4-11(5-2-10)12-7-8-16-9-12/h1-2,4-5,12-13,16H,3,6-9H2. The van der Waals surface area contributed by atoms with Crippen molar-refractivity contribution in [2.24, 2.45) is 0 Å². The number of benzene rings is 1. The molecule has 2 rings (SSSR count). The van der Waals surface area contributed by atoms with Gasteiger partial charge in [0.2, 0.25) is 6.43 Å². The van der Waals surface area contributed by atoms with Crippen molar-refractivity contribution in [3.05, 3.63) is 35.4 Å². The number of hydrogen-bond donors (Lipinski definition) is 1. The second-order valence-corrected chi connectivity index (χ2v) is 4.36. The molecule has 1 atom stereocenters. The fourth-order valence-corrected chi connectivity index (χ4v) is 2.17. The van der Waals surface area contributed by atoms with E-state index < -0.39 is 6.43 Å². The smallest absolute Gasteiger partial charge is 0.239 e. The second kappa shape index (κ2) is 5.39. The van der Waals surface area contributed by atoms with Crippen LogP contribution in [0.4, 0.5) is 8.78 Å². The molecule has 0 spiro atoms. The summed E-state index contributed by atoms with van der Waals surface area (Å²) in [6, 6.07) is 8.13. The van der Waals surface area contributed by atoms with Crippen molar-refractivity contribution in [3.63, 3.8) is 0 Å². The summed E-state index contributed by atoms with van der Waals surface area (Å²) in [6.45, 7) is 2.12. The zero-order chi connectivity index (χ0) is 11.4. The summed E-state index contributed by atoms with van der Waals surface area (Å²) in [4.78, 5) is 0. The van der Waals surface area contributed by atoms with Crippen molar-refractivity contribution in [3.8, 4) is 0 Å². The Labute approximate surface area is 94.9 Å². The van der Waals surface area contributed by atoms with Crippen LogP contribution in [0.25, 0.3) is 0 Å². The maximum atomic E-state index is 12.0. The van der Waals surface area contributed by atoms with E-state index in [1.54, 1.807) is 0 Å². The van der Waals surface area contributed by atoms with Gasteiger partial charge in [-0.2, -0.15) is 0 Å². The largest absolute Gasteiger partial charge is 0.316 e. The van der Waals surface area contributed by atoms with Crippen LogP contribution in [0.3, 0.4) is 0 Å². The number of rotatable bonds is 4. The third-order valence-corrected chi connectivity index (χ3v) is 3.16. The molecule has 1 fully saturated rings. The average molecular weight is 225 g/mol. The van der Waals surface area contributed by atoms with E-state index in [-0.39, 0.29) is 6.42 Å². The van der Waals surface area contributed by atoms with Crippen molar-refractivity contribution < 1.29 is 8.78 Å². The zero-order valence-corrected chi connectivity index (χ0v) is 9.26. The maximum Gasteiger partial charge on any atom is 0.239 e. The molecule has 1 N–H and O–H groups in total. The van der Waals surface area contributed by atoms with E-state index in [1.165, 1.54) is 12.0 Å². The van der Waals surface area contributed by atoms with Gasteiger partial charge in [-0.1, -0.05) is 24.3 Å². The number of aryl methyl sites for hydroxylation is 1. The molecule has 0 aromatic heterocycles. The van der Waals surface area contributed by atoms with E-state index in [0.29, 0.717) is 12.3 Å². The molecule has 3 heteroatoms. The van der Waals surface area contributed by atoms with Gasteiger partial charge in [0.05, 0.1) is 0 Å². The minimum Gasteiger partial charge on any atom is -0.316 e. The van der Waals surface area contributed by atoms with E-state index in [9.17, 15) is 8.78 Å². The summed E-state index contributed by atoms with van der Waals surface area (Å²) in [7, 11) is 0. The number of halogens is 2. The highest BCUT2D eigenvalue weighted by atomic mass is 19.3. The summed E-state index contributed by atoms with van der Waals surface area (Å²) < 4.78 is 24.1. The van der Waals surface area contributed by atoms with Crippen molar-refractivity contribution in [1.29, 1.82) is 0 Å². The topological polar surface area (TPSA) is 12.0 Å². The monoisotopic (exact) mass is 225 g/mol. The van der Waals surface area contributed by atoms with Crippen molar-refractivity contribution in [1.82, 2.24) is 5.32 Å². The van der Waals surface area contributed by atoms with Gasteiger partial charge in [0.1, 0.15) is 0 Å². The fourth-order valence-electron chi connectivity index (χ4n) is 2.17. The Morgan fingerprint density at radius 3 is 2.56 bits per heavy atom. The Kier molecular flexibility index (Phi) is 3.88. The number of hydrogen-bond acceptors (Lipinski definition) is 1. The highest BCUT2D eigenvalue weighted by Gasteiger charge is 2.16. The van der Waals surface area contributed by atoms with Crippen LogP contribution >= 0.6 is 0 Å². The minimum atomic E-state index is -2.20. The first-order valence-corrected chi connectivity index (χ1v) is 5.83. The van der Waals surface area contributed by atoms with Crippen LogP contribution in [0, 0.1) is 0 Å². The Morgan fingerprint density at radius 1 is 1.25 bits per heavy atom. The van der Waals surface area contributed by atoms with Gasteiger partial charge in [-0.15, -0.1) is 0 Å². The molecule has 1 nitrogen and oxygen atoms in total. The molecule has 0 radical (unpaired) electrons. The normalized spacial score (nSPS) is 20.6. The first kappa shape index (κ1) is 11.5. The van der Waals surface area contributed by atoms with Crippen LogP contribution in [0.5, 0.6) is 0 Å². The Balaban J connectivity index is 1.93. The molecule has 0 amide bonds. The highest BCUT2D eigenvalue weighted by molar-refractivity contribution is 5.26. The van der Waals surface area contributed by atoms with Gasteiger partial charge in [-0.3, -0.25) is 0 Å². The second-order valence-electron chi connectivity index (χ2n) is 4.36. The lowest BCUT2D eigenvalue weighted by atomic mass is 9.96. The molecule has 1 saturated heterocycles. The predicted molar refractivity (Wildman–Crippen MR) is 61.0 cm³/mol. The Bertz CT molecular complexity index is 315. The van der Waals surface area contributed by atoms with Crippen LogP contribution in [-0.4, -0.2) is 19.5 Å². The first-order chi connectivity index (χ1) is 7.75. The summed E-state index contributed by atoms with van der Waals surface area (Å²) in [5, 5.41) is 3.33. The SMILES string of the molecule is FC(F)CCc1ccc(C2CCNC2)cc1. The molecule has 1 unspecified atom stereocenters. The number of nitrogens with one attached hydrogen (secondary N) is 1. The van der Waals surface area contributed by atoms with Gasteiger partial charge >= 0.3 is 0 Å². The van der Waals surface area contributed by atoms with E-state index in [0.717, 1.165) is 18.7 Å². The van der Waals surface area contributed by atoms with Crippen LogP contribution in [-0.2, 0) is 6.42 Å². The summed E-state index contributed by atoms with van der Waals surface area (Å²) in [5.74, 6) is 0.601. The van der Waals surface area contributed by atoms with Gasteiger partial charge in [0, 0.05) is 13.0 Å². The van der Waals surface area contributed by atoms with Gasteiger partial charge in [0.25, 0.3) is 0 Å². The molecule has 1 heterocycles. The molecule has 0 aliphatic carbocycles. The van der Waals surface area contributed by atoms with Crippen LogP contribution < -0.4 is 5.32 Å². The minimum absolute atomic E-state index is 0.0374. The Morgan fingerprint density at radius 2 is 2.00 bits per heavy atom. The van der Waals surface area contributed by atoms with E-state index >= 15 is 0 Å². The zero-order valence-electron chi connectivity index (χ0n) is 9.26. The van der Waals surface area contributed by atoms with Crippen molar-refractivity contribution in [2.45, 2.75) is 31.6 Å². The Hall–Kier alpha value is -0.960. The lowest BCUT2D eigenvalue weighted by molar-refractivity contribution is 0.138. The van der Waals surface area contributed by atoms with Gasteiger partial charge in [0.15, 0.2) is 0 Å². The van der Waals surface area contributed by atoms with Crippen LogP contribution in [0.1, 0.15) is 29.9 Å². The summed E-state index contributed by atoms with van der Waals surface area (Å²) >= 11 is 0. The van der Waals surface area contributed by atoms with Crippen LogP contribution in [0.15, 0.2) is 24.3 Å². The molecule has 1 aromatic carbocycles. The molecular formula is C13H17F2N. The molecule has 1 aromatic rings. The van der Waals surface area contributed by atoms with E-state index in [4.69, 9.17) is 0 Å². The quantitative estimate of drug-likeness (QED) is 0.830. The molecule has 0 bridgehead atoms. The molecule has 0 saturated carbocycles. The third kappa shape index (κ3) is 3.01. The molecule has 88 valence electrons. The average Bonchev–Trinajstić information content (AvgIpc) is 2.80. The molecule has 1 aliphatic rings. The van der Waals surface area contributed by atoms with Crippen LogP contribution in [0.2, 0.25) is 0 Å². The number of alkyl halides is 2. The van der Waals surface area contributed by atoms with Crippen molar-refractivity contribution >= 4 is 0 Å². The molecule has 1 aliphatic heterocycles. The highest BCUT2D eigenvalue weighted by Crippen LogP contribution is 2.22. The van der Waals surface area contributed by atoms with Gasteiger partial charge in [-0.25, -0.2) is 8.78 Å².